The van der Waals surface area contributed by atoms with Crippen molar-refractivity contribution < 1.29 is 9.47 Å². The second-order valence-electron chi connectivity index (χ2n) is 3.18. The SMILES string of the molecule is Cl/C=C/CNCc1ccc2c(c1)OCO2. The van der Waals surface area contributed by atoms with Crippen molar-refractivity contribution in [3.05, 3.63) is 35.4 Å². The van der Waals surface area contributed by atoms with Crippen LogP contribution in [0.4, 0.5) is 0 Å². The molecule has 0 amide bonds. The number of benzene rings is 1. The molecule has 0 spiro atoms. The Bertz CT molecular complexity index is 366. The summed E-state index contributed by atoms with van der Waals surface area (Å²) in [6.07, 6.45) is 1.86. The van der Waals surface area contributed by atoms with Gasteiger partial charge in [-0.2, -0.15) is 0 Å². The first-order chi connectivity index (χ1) is 7.40. The summed E-state index contributed by atoms with van der Waals surface area (Å²) < 4.78 is 10.5. The summed E-state index contributed by atoms with van der Waals surface area (Å²) in [4.78, 5) is 0. The zero-order valence-corrected chi connectivity index (χ0v) is 8.96. The number of hydrogen-bond donors (Lipinski definition) is 1. The quantitative estimate of drug-likeness (QED) is 0.798. The van der Waals surface area contributed by atoms with Gasteiger partial charge in [-0.3, -0.25) is 0 Å². The van der Waals surface area contributed by atoms with Gasteiger partial charge in [0.15, 0.2) is 11.5 Å². The van der Waals surface area contributed by atoms with Crippen LogP contribution in [0.3, 0.4) is 0 Å². The average Bonchev–Trinajstić information content (AvgIpc) is 2.71. The standard InChI is InChI=1S/C11H12ClNO2/c12-4-1-5-13-7-9-2-3-10-11(6-9)15-8-14-10/h1-4,6,13H,5,7-8H2/b4-1+. The molecule has 1 heterocycles. The second kappa shape index (κ2) is 5.05. The predicted octanol–water partition coefficient (Wildman–Crippen LogP) is 2.26. The molecule has 15 heavy (non-hydrogen) atoms. The van der Waals surface area contributed by atoms with Crippen LogP contribution in [0.2, 0.25) is 0 Å². The lowest BCUT2D eigenvalue weighted by Crippen LogP contribution is -2.12. The number of fused-ring (bicyclic) bond motifs is 1. The number of hydrogen-bond acceptors (Lipinski definition) is 3. The second-order valence-corrected chi connectivity index (χ2v) is 3.43. The minimum Gasteiger partial charge on any atom is -0.454 e. The van der Waals surface area contributed by atoms with Gasteiger partial charge < -0.3 is 14.8 Å². The molecule has 3 nitrogen and oxygen atoms in total. The van der Waals surface area contributed by atoms with Gasteiger partial charge in [-0.05, 0) is 17.7 Å². The monoisotopic (exact) mass is 225 g/mol. The summed E-state index contributed by atoms with van der Waals surface area (Å²) in [5.74, 6) is 1.64. The molecule has 0 aliphatic carbocycles. The summed E-state index contributed by atoms with van der Waals surface area (Å²) >= 11 is 5.40. The van der Waals surface area contributed by atoms with Gasteiger partial charge in [0.25, 0.3) is 0 Å². The Kier molecular flexibility index (Phi) is 3.48. The maximum absolute atomic E-state index is 5.40. The van der Waals surface area contributed by atoms with Crippen LogP contribution in [-0.2, 0) is 6.54 Å². The van der Waals surface area contributed by atoms with E-state index in [4.69, 9.17) is 21.1 Å². The van der Waals surface area contributed by atoms with Gasteiger partial charge in [-0.1, -0.05) is 23.7 Å². The van der Waals surface area contributed by atoms with Crippen LogP contribution in [0, 0.1) is 0 Å². The maximum Gasteiger partial charge on any atom is 0.231 e. The summed E-state index contributed by atoms with van der Waals surface area (Å²) in [5, 5.41) is 3.23. The Morgan fingerprint density at radius 2 is 2.20 bits per heavy atom. The molecular weight excluding hydrogens is 214 g/mol. The van der Waals surface area contributed by atoms with Gasteiger partial charge >= 0.3 is 0 Å². The third-order valence-corrected chi connectivity index (χ3v) is 2.30. The van der Waals surface area contributed by atoms with E-state index in [1.807, 2.05) is 24.3 Å². The fourth-order valence-electron chi connectivity index (χ4n) is 1.40. The van der Waals surface area contributed by atoms with Crippen LogP contribution in [-0.4, -0.2) is 13.3 Å². The Morgan fingerprint density at radius 3 is 3.07 bits per heavy atom. The molecule has 1 aromatic rings. The maximum atomic E-state index is 5.40. The molecule has 0 fully saturated rings. The molecule has 1 aliphatic rings. The van der Waals surface area contributed by atoms with E-state index in [0.29, 0.717) is 6.79 Å². The summed E-state index contributed by atoms with van der Waals surface area (Å²) in [5.41, 5.74) is 2.68. The van der Waals surface area contributed by atoms with E-state index in [-0.39, 0.29) is 0 Å². The molecule has 0 atom stereocenters. The van der Waals surface area contributed by atoms with E-state index < -0.39 is 0 Å². The molecule has 0 bridgehead atoms. The average molecular weight is 226 g/mol. The molecule has 1 N–H and O–H groups in total. The first-order valence-corrected chi connectivity index (χ1v) is 5.18. The van der Waals surface area contributed by atoms with Gasteiger partial charge in [0.1, 0.15) is 0 Å². The lowest BCUT2D eigenvalue weighted by atomic mass is 10.2. The van der Waals surface area contributed by atoms with Crippen LogP contribution in [0.15, 0.2) is 29.8 Å². The molecule has 0 saturated heterocycles. The number of ether oxygens (including phenoxy) is 2. The highest BCUT2D eigenvalue weighted by molar-refractivity contribution is 6.25. The molecule has 0 saturated carbocycles. The Labute approximate surface area is 93.6 Å². The first-order valence-electron chi connectivity index (χ1n) is 4.74. The zero-order chi connectivity index (χ0) is 10.5. The van der Waals surface area contributed by atoms with E-state index in [0.717, 1.165) is 24.6 Å². The van der Waals surface area contributed by atoms with Crippen LogP contribution in [0.5, 0.6) is 11.5 Å². The van der Waals surface area contributed by atoms with Gasteiger partial charge in [-0.25, -0.2) is 0 Å². The molecule has 4 heteroatoms. The van der Waals surface area contributed by atoms with E-state index in [1.54, 1.807) is 0 Å². The van der Waals surface area contributed by atoms with E-state index in [9.17, 15) is 0 Å². The fraction of sp³-hybridized carbons (Fsp3) is 0.273. The van der Waals surface area contributed by atoms with Gasteiger partial charge in [-0.15, -0.1) is 0 Å². The zero-order valence-electron chi connectivity index (χ0n) is 8.20. The van der Waals surface area contributed by atoms with E-state index in [1.165, 1.54) is 11.1 Å². The number of nitrogens with one attached hydrogen (secondary N) is 1. The third-order valence-electron chi connectivity index (χ3n) is 2.12. The molecule has 80 valence electrons. The highest BCUT2D eigenvalue weighted by Crippen LogP contribution is 2.32. The lowest BCUT2D eigenvalue weighted by molar-refractivity contribution is 0.174. The molecule has 1 aliphatic heterocycles. The van der Waals surface area contributed by atoms with Crippen molar-refractivity contribution in [3.8, 4) is 11.5 Å². The summed E-state index contributed by atoms with van der Waals surface area (Å²) in [6.45, 7) is 1.87. The minimum atomic E-state index is 0.321. The number of halogens is 1. The first kappa shape index (κ1) is 10.3. The van der Waals surface area contributed by atoms with Gasteiger partial charge in [0.2, 0.25) is 6.79 Å². The third kappa shape index (κ3) is 2.64. The molecule has 0 unspecified atom stereocenters. The van der Waals surface area contributed by atoms with Crippen molar-refractivity contribution in [3.63, 3.8) is 0 Å². The highest BCUT2D eigenvalue weighted by atomic mass is 35.5. The lowest BCUT2D eigenvalue weighted by Gasteiger charge is -2.03. The van der Waals surface area contributed by atoms with Crippen molar-refractivity contribution in [1.29, 1.82) is 0 Å². The fourth-order valence-corrected chi connectivity index (χ4v) is 1.48. The smallest absolute Gasteiger partial charge is 0.231 e. The van der Waals surface area contributed by atoms with Crippen LogP contribution in [0.25, 0.3) is 0 Å². The molecule has 0 aromatic heterocycles. The van der Waals surface area contributed by atoms with Gasteiger partial charge in [0, 0.05) is 18.6 Å². The number of rotatable bonds is 4. The van der Waals surface area contributed by atoms with E-state index in [2.05, 4.69) is 5.32 Å². The summed E-state index contributed by atoms with van der Waals surface area (Å²) in [6, 6.07) is 5.93. The largest absolute Gasteiger partial charge is 0.454 e. The van der Waals surface area contributed by atoms with Crippen LogP contribution < -0.4 is 14.8 Å². The molecule has 0 radical (unpaired) electrons. The normalized spacial score (nSPS) is 13.7. The predicted molar refractivity (Wildman–Crippen MR) is 59.3 cm³/mol. The molecule has 1 aromatic carbocycles. The molecular formula is C11H12ClNO2. The van der Waals surface area contributed by atoms with Crippen molar-refractivity contribution in [2.24, 2.45) is 0 Å². The Morgan fingerprint density at radius 1 is 1.33 bits per heavy atom. The Hall–Kier alpha value is -1.19. The van der Waals surface area contributed by atoms with Crippen molar-refractivity contribution >= 4 is 11.6 Å². The van der Waals surface area contributed by atoms with Crippen LogP contribution in [0.1, 0.15) is 5.56 Å². The topological polar surface area (TPSA) is 30.5 Å². The highest BCUT2D eigenvalue weighted by Gasteiger charge is 2.12. The summed E-state index contributed by atoms with van der Waals surface area (Å²) in [7, 11) is 0. The van der Waals surface area contributed by atoms with Crippen LogP contribution >= 0.6 is 11.6 Å². The Balaban J connectivity index is 1.92. The van der Waals surface area contributed by atoms with E-state index >= 15 is 0 Å². The van der Waals surface area contributed by atoms with Gasteiger partial charge in [0.05, 0.1) is 0 Å². The molecule has 2 rings (SSSR count). The van der Waals surface area contributed by atoms with Crippen molar-refractivity contribution in [2.45, 2.75) is 6.54 Å². The minimum absolute atomic E-state index is 0.321. The van der Waals surface area contributed by atoms with Crippen molar-refractivity contribution in [2.75, 3.05) is 13.3 Å². The van der Waals surface area contributed by atoms with Crippen molar-refractivity contribution in [1.82, 2.24) is 5.32 Å².